The molecule has 29 heavy (non-hydrogen) atoms. The lowest BCUT2D eigenvalue weighted by Crippen LogP contribution is -2.50. The number of fused-ring (bicyclic) bond motifs is 1. The first-order chi connectivity index (χ1) is 13.9. The highest BCUT2D eigenvalue weighted by Gasteiger charge is 2.32. The van der Waals surface area contributed by atoms with Gasteiger partial charge in [-0.3, -0.25) is 9.48 Å². The predicted octanol–water partition coefficient (Wildman–Crippen LogP) is 1.68. The molecule has 8 nitrogen and oxygen atoms in total. The van der Waals surface area contributed by atoms with Gasteiger partial charge in [0.2, 0.25) is 10.0 Å². The minimum atomic E-state index is -3.60. The van der Waals surface area contributed by atoms with Crippen molar-refractivity contribution in [3.05, 3.63) is 41.2 Å². The molecule has 156 valence electrons. The van der Waals surface area contributed by atoms with E-state index in [0.717, 1.165) is 37.1 Å². The van der Waals surface area contributed by atoms with E-state index < -0.39 is 10.0 Å². The van der Waals surface area contributed by atoms with Crippen molar-refractivity contribution in [2.45, 2.75) is 37.6 Å². The zero-order valence-corrected chi connectivity index (χ0v) is 17.6. The Kier molecular flexibility index (Phi) is 5.35. The van der Waals surface area contributed by atoms with Crippen LogP contribution in [0.3, 0.4) is 0 Å². The van der Waals surface area contributed by atoms with E-state index in [0.29, 0.717) is 24.4 Å². The fourth-order valence-corrected chi connectivity index (χ4v) is 5.57. The summed E-state index contributed by atoms with van der Waals surface area (Å²) >= 11 is 0. The van der Waals surface area contributed by atoms with Crippen LogP contribution in [-0.2, 0) is 23.0 Å². The molecule has 0 aliphatic carbocycles. The van der Waals surface area contributed by atoms with Crippen LogP contribution >= 0.6 is 0 Å². The number of rotatable bonds is 4. The summed E-state index contributed by atoms with van der Waals surface area (Å²) in [4.78, 5) is 15.0. The van der Waals surface area contributed by atoms with Crippen molar-refractivity contribution in [3.8, 4) is 5.75 Å². The summed E-state index contributed by atoms with van der Waals surface area (Å²) in [5, 5.41) is 4.34. The molecule has 2 aliphatic heterocycles. The topological polar surface area (TPSA) is 84.7 Å². The first kappa shape index (κ1) is 19.9. The van der Waals surface area contributed by atoms with Gasteiger partial charge in [-0.1, -0.05) is 0 Å². The Hall–Kier alpha value is -2.39. The Morgan fingerprint density at radius 2 is 1.86 bits per heavy atom. The van der Waals surface area contributed by atoms with E-state index in [4.69, 9.17) is 4.74 Å². The molecule has 1 saturated heterocycles. The molecule has 2 aliphatic rings. The molecule has 1 fully saturated rings. The molecular formula is C20H26N4O4S. The maximum atomic E-state index is 13.0. The quantitative estimate of drug-likeness (QED) is 0.754. The SMILES string of the molecule is COc1ccc(S(=O)(=O)N2CCN(C(=O)c3cnn4c3CCCC4)CC2)cc1C. The van der Waals surface area contributed by atoms with Crippen molar-refractivity contribution in [3.63, 3.8) is 0 Å². The summed E-state index contributed by atoms with van der Waals surface area (Å²) in [7, 11) is -2.04. The van der Waals surface area contributed by atoms with Crippen molar-refractivity contribution in [2.75, 3.05) is 33.3 Å². The molecule has 0 atom stereocenters. The van der Waals surface area contributed by atoms with Gasteiger partial charge in [-0.25, -0.2) is 8.42 Å². The Labute approximate surface area is 171 Å². The number of ether oxygens (including phenoxy) is 1. The number of carbonyl (C=O) groups is 1. The van der Waals surface area contributed by atoms with E-state index in [9.17, 15) is 13.2 Å². The van der Waals surface area contributed by atoms with E-state index in [1.54, 1.807) is 36.4 Å². The molecule has 2 aromatic rings. The van der Waals surface area contributed by atoms with Crippen LogP contribution in [0.4, 0.5) is 0 Å². The zero-order chi connectivity index (χ0) is 20.6. The number of sulfonamides is 1. The average Bonchev–Trinajstić information content (AvgIpc) is 3.17. The Balaban J connectivity index is 1.45. The minimum absolute atomic E-state index is 0.0505. The molecule has 0 saturated carbocycles. The normalized spacial score (nSPS) is 17.8. The van der Waals surface area contributed by atoms with Crippen molar-refractivity contribution >= 4 is 15.9 Å². The highest BCUT2D eigenvalue weighted by molar-refractivity contribution is 7.89. The lowest BCUT2D eigenvalue weighted by molar-refractivity contribution is 0.0696. The molecule has 0 radical (unpaired) electrons. The number of aromatic nitrogens is 2. The summed E-state index contributed by atoms with van der Waals surface area (Å²) < 4.78 is 34.6. The molecule has 0 spiro atoms. The number of aryl methyl sites for hydroxylation is 2. The van der Waals surface area contributed by atoms with Crippen LogP contribution in [0.5, 0.6) is 5.75 Å². The highest BCUT2D eigenvalue weighted by Crippen LogP contribution is 2.25. The van der Waals surface area contributed by atoms with Crippen LogP contribution in [-0.4, -0.2) is 66.6 Å². The Morgan fingerprint density at radius 3 is 2.55 bits per heavy atom. The molecule has 1 aromatic carbocycles. The molecule has 4 rings (SSSR count). The molecular weight excluding hydrogens is 392 g/mol. The second-order valence-corrected chi connectivity index (χ2v) is 9.45. The first-order valence-corrected chi connectivity index (χ1v) is 11.3. The van der Waals surface area contributed by atoms with Gasteiger partial charge in [0, 0.05) is 32.7 Å². The second-order valence-electron chi connectivity index (χ2n) is 7.51. The third-order valence-electron chi connectivity index (χ3n) is 5.74. The van der Waals surface area contributed by atoms with Crippen LogP contribution in [0.15, 0.2) is 29.3 Å². The Bertz CT molecular complexity index is 1020. The van der Waals surface area contributed by atoms with Gasteiger partial charge in [0.15, 0.2) is 0 Å². The van der Waals surface area contributed by atoms with Gasteiger partial charge in [-0.05, 0) is 49.9 Å². The molecule has 0 N–H and O–H groups in total. The predicted molar refractivity (Wildman–Crippen MR) is 108 cm³/mol. The molecule has 1 aromatic heterocycles. The number of nitrogens with zero attached hydrogens (tertiary/aromatic N) is 4. The molecule has 0 bridgehead atoms. The van der Waals surface area contributed by atoms with Crippen molar-refractivity contribution in [2.24, 2.45) is 0 Å². The molecule has 9 heteroatoms. The summed E-state index contributed by atoms with van der Waals surface area (Å²) in [6.07, 6.45) is 4.68. The van der Waals surface area contributed by atoms with Gasteiger partial charge in [-0.15, -0.1) is 0 Å². The standard InChI is InChI=1S/C20H26N4O4S/c1-15-13-16(6-7-19(15)28-2)29(26,27)23-11-9-22(10-12-23)20(25)17-14-21-24-8-4-3-5-18(17)24/h6-7,13-14H,3-5,8-12H2,1-2H3. The van der Waals surface area contributed by atoms with Crippen molar-refractivity contribution in [1.29, 1.82) is 0 Å². The third-order valence-corrected chi connectivity index (χ3v) is 7.64. The maximum Gasteiger partial charge on any atom is 0.257 e. The van der Waals surface area contributed by atoms with Gasteiger partial charge in [0.05, 0.1) is 29.5 Å². The Morgan fingerprint density at radius 1 is 1.10 bits per heavy atom. The summed E-state index contributed by atoms with van der Waals surface area (Å²) in [6, 6.07) is 4.87. The molecule has 1 amide bonds. The number of amides is 1. The summed E-state index contributed by atoms with van der Waals surface area (Å²) in [6.45, 7) is 3.98. The lowest BCUT2D eigenvalue weighted by atomic mass is 10.1. The van der Waals surface area contributed by atoms with E-state index >= 15 is 0 Å². The van der Waals surface area contributed by atoms with Crippen LogP contribution in [0.2, 0.25) is 0 Å². The maximum absolute atomic E-state index is 13.0. The van der Waals surface area contributed by atoms with Gasteiger partial charge in [-0.2, -0.15) is 9.40 Å². The molecule has 3 heterocycles. The van der Waals surface area contributed by atoms with Crippen molar-refractivity contribution in [1.82, 2.24) is 19.0 Å². The van der Waals surface area contributed by atoms with Crippen LogP contribution in [0, 0.1) is 6.92 Å². The van der Waals surface area contributed by atoms with Gasteiger partial charge < -0.3 is 9.64 Å². The fraction of sp³-hybridized carbons (Fsp3) is 0.500. The third kappa shape index (κ3) is 3.64. The van der Waals surface area contributed by atoms with E-state index in [2.05, 4.69) is 5.10 Å². The monoisotopic (exact) mass is 418 g/mol. The number of carbonyl (C=O) groups excluding carboxylic acids is 1. The summed E-state index contributed by atoms with van der Waals surface area (Å²) in [5.74, 6) is 0.606. The molecule has 0 unspecified atom stereocenters. The average molecular weight is 419 g/mol. The van der Waals surface area contributed by atoms with E-state index in [1.807, 2.05) is 11.6 Å². The van der Waals surface area contributed by atoms with Crippen LogP contribution in [0.25, 0.3) is 0 Å². The number of methoxy groups -OCH3 is 1. The van der Waals surface area contributed by atoms with E-state index in [-0.39, 0.29) is 23.9 Å². The lowest BCUT2D eigenvalue weighted by Gasteiger charge is -2.34. The highest BCUT2D eigenvalue weighted by atomic mass is 32.2. The number of benzene rings is 1. The zero-order valence-electron chi connectivity index (χ0n) is 16.8. The first-order valence-electron chi connectivity index (χ1n) is 9.90. The largest absolute Gasteiger partial charge is 0.496 e. The number of hydrogen-bond donors (Lipinski definition) is 0. The number of piperazine rings is 1. The van der Waals surface area contributed by atoms with Crippen LogP contribution in [0.1, 0.15) is 34.5 Å². The van der Waals surface area contributed by atoms with Crippen molar-refractivity contribution < 1.29 is 17.9 Å². The fourth-order valence-electron chi connectivity index (χ4n) is 4.06. The summed E-state index contributed by atoms with van der Waals surface area (Å²) in [5.41, 5.74) is 2.44. The van der Waals surface area contributed by atoms with Gasteiger partial charge in [0.25, 0.3) is 5.91 Å². The second kappa shape index (κ2) is 7.79. The minimum Gasteiger partial charge on any atom is -0.496 e. The number of hydrogen-bond acceptors (Lipinski definition) is 5. The van der Waals surface area contributed by atoms with Gasteiger partial charge in [0.1, 0.15) is 5.75 Å². The van der Waals surface area contributed by atoms with Gasteiger partial charge >= 0.3 is 0 Å². The smallest absolute Gasteiger partial charge is 0.257 e. The van der Waals surface area contributed by atoms with Crippen LogP contribution < -0.4 is 4.74 Å². The van der Waals surface area contributed by atoms with E-state index in [1.165, 1.54) is 4.31 Å².